The lowest BCUT2D eigenvalue weighted by atomic mass is 9.94. The van der Waals surface area contributed by atoms with Crippen LogP contribution in [-0.4, -0.2) is 53.2 Å². The Balaban J connectivity index is 1.96. The van der Waals surface area contributed by atoms with Gasteiger partial charge >= 0.3 is 5.97 Å². The highest BCUT2D eigenvalue weighted by atomic mass is 35.5. The molecule has 0 spiro atoms. The molecule has 2 N–H and O–H groups in total. The minimum Gasteiger partial charge on any atom is -0.457 e. The van der Waals surface area contributed by atoms with Gasteiger partial charge in [-0.2, -0.15) is 4.31 Å². The molecule has 168 valence electrons. The summed E-state index contributed by atoms with van der Waals surface area (Å²) in [6, 6.07) is 14.5. The number of piperidine rings is 1. The van der Waals surface area contributed by atoms with Crippen molar-refractivity contribution in [2.45, 2.75) is 55.6 Å². The van der Waals surface area contributed by atoms with Gasteiger partial charge in [0.15, 0.2) is 0 Å². The first kappa shape index (κ1) is 23.7. The fourth-order valence-electron chi connectivity index (χ4n) is 3.77. The van der Waals surface area contributed by atoms with Crippen LogP contribution in [0.15, 0.2) is 59.5 Å². The van der Waals surface area contributed by atoms with Crippen LogP contribution in [0.2, 0.25) is 0 Å². The van der Waals surface area contributed by atoms with Gasteiger partial charge in [0.05, 0.1) is 11.0 Å². The maximum Gasteiger partial charge on any atom is 0.321 e. The Labute approximate surface area is 187 Å². The molecular formula is C22H26ClNO6S. The summed E-state index contributed by atoms with van der Waals surface area (Å²) >= 11 is 5.61. The van der Waals surface area contributed by atoms with E-state index in [1.54, 1.807) is 36.4 Å². The van der Waals surface area contributed by atoms with Crippen LogP contribution in [0.3, 0.4) is 0 Å². The lowest BCUT2D eigenvalue weighted by molar-refractivity contribution is -0.148. The number of hydrogen-bond acceptors (Lipinski definition) is 6. The minimum absolute atomic E-state index is 0.0188. The van der Waals surface area contributed by atoms with E-state index in [2.05, 4.69) is 0 Å². The lowest BCUT2D eigenvalue weighted by Gasteiger charge is -2.41. The first-order valence-corrected chi connectivity index (χ1v) is 12.0. The van der Waals surface area contributed by atoms with Crippen molar-refractivity contribution < 1.29 is 28.2 Å². The number of rotatable bonds is 7. The van der Waals surface area contributed by atoms with Gasteiger partial charge in [-0.25, -0.2) is 8.42 Å². The molecule has 1 aliphatic rings. The topological polar surface area (TPSA) is 104 Å². The molecule has 9 heteroatoms. The van der Waals surface area contributed by atoms with Crippen LogP contribution in [0.4, 0.5) is 0 Å². The van der Waals surface area contributed by atoms with Crippen molar-refractivity contribution in [3.63, 3.8) is 0 Å². The van der Waals surface area contributed by atoms with Gasteiger partial charge in [0.25, 0.3) is 0 Å². The highest BCUT2D eigenvalue weighted by Gasteiger charge is 2.44. The van der Waals surface area contributed by atoms with Crippen molar-refractivity contribution in [2.24, 2.45) is 0 Å². The van der Waals surface area contributed by atoms with Gasteiger partial charge in [0, 0.05) is 12.5 Å². The number of benzene rings is 2. The van der Waals surface area contributed by atoms with Gasteiger partial charge in [-0.05, 0) is 37.5 Å². The molecule has 1 aliphatic heterocycles. The van der Waals surface area contributed by atoms with Gasteiger partial charge in [-0.3, -0.25) is 4.79 Å². The monoisotopic (exact) mass is 467 g/mol. The average Bonchev–Trinajstić information content (AvgIpc) is 2.76. The quantitative estimate of drug-likeness (QED) is 0.479. The van der Waals surface area contributed by atoms with Gasteiger partial charge in [-0.1, -0.05) is 48.0 Å². The third-order valence-electron chi connectivity index (χ3n) is 5.40. The second-order valence-corrected chi connectivity index (χ2v) is 9.73. The number of ether oxygens (including phenoxy) is 1. The van der Waals surface area contributed by atoms with Crippen molar-refractivity contribution in [3.8, 4) is 0 Å². The van der Waals surface area contributed by atoms with E-state index in [-0.39, 0.29) is 23.6 Å². The second kappa shape index (κ2) is 10.1. The molecule has 7 nitrogen and oxygen atoms in total. The van der Waals surface area contributed by atoms with E-state index in [0.717, 1.165) is 9.87 Å². The SMILES string of the molecule is Cc1ccc(S(=O)(=O)N2[C@H](C[C@H](OC(=O)CCl)c3ccccc3)CC[C@H](O)[C@@H]2O)cc1. The largest absolute Gasteiger partial charge is 0.457 e. The Hall–Kier alpha value is -1.97. The average molecular weight is 468 g/mol. The molecule has 2 aromatic carbocycles. The molecule has 3 rings (SSSR count). The Morgan fingerprint density at radius 1 is 1.13 bits per heavy atom. The van der Waals surface area contributed by atoms with Crippen molar-refractivity contribution in [1.82, 2.24) is 4.31 Å². The lowest BCUT2D eigenvalue weighted by Crippen LogP contribution is -2.56. The van der Waals surface area contributed by atoms with E-state index in [4.69, 9.17) is 16.3 Å². The molecule has 0 amide bonds. The molecule has 0 radical (unpaired) electrons. The molecule has 0 aromatic heterocycles. The summed E-state index contributed by atoms with van der Waals surface area (Å²) in [5.41, 5.74) is 1.58. The Bertz CT molecular complexity index is 983. The number of alkyl halides is 1. The second-order valence-electron chi connectivity index (χ2n) is 7.62. The van der Waals surface area contributed by atoms with E-state index >= 15 is 0 Å². The standard InChI is InChI=1S/C22H26ClNO6S/c1-15-7-10-18(11-8-15)31(28,29)24-17(9-12-19(25)22(24)27)13-20(30-21(26)14-23)16-5-3-2-4-6-16/h2-8,10-11,17,19-20,22,25,27H,9,12-14H2,1H3/t17-,19-,20-,22-/m0/s1. The van der Waals surface area contributed by atoms with Crippen molar-refractivity contribution in [2.75, 3.05) is 5.88 Å². The summed E-state index contributed by atoms with van der Waals surface area (Å²) in [6.45, 7) is 1.84. The van der Waals surface area contributed by atoms with Gasteiger partial charge < -0.3 is 14.9 Å². The van der Waals surface area contributed by atoms with E-state index in [1.807, 2.05) is 13.0 Å². The Morgan fingerprint density at radius 3 is 2.39 bits per heavy atom. The Kier molecular flexibility index (Phi) is 7.72. The summed E-state index contributed by atoms with van der Waals surface area (Å²) in [6.07, 6.45) is -2.94. The van der Waals surface area contributed by atoms with Crippen molar-refractivity contribution in [1.29, 1.82) is 0 Å². The Morgan fingerprint density at radius 2 is 1.77 bits per heavy atom. The molecule has 31 heavy (non-hydrogen) atoms. The normalized spacial score (nSPS) is 23.3. The van der Waals surface area contributed by atoms with Gasteiger partial charge in [0.2, 0.25) is 10.0 Å². The summed E-state index contributed by atoms with van der Waals surface area (Å²) in [5.74, 6) is -0.958. The predicted molar refractivity (Wildman–Crippen MR) is 116 cm³/mol. The summed E-state index contributed by atoms with van der Waals surface area (Å²) in [4.78, 5) is 11.9. The number of nitrogens with zero attached hydrogens (tertiary/aromatic N) is 1. The highest BCUT2D eigenvalue weighted by molar-refractivity contribution is 7.89. The van der Waals surface area contributed by atoms with E-state index in [0.29, 0.717) is 12.0 Å². The molecule has 0 saturated carbocycles. The van der Waals surface area contributed by atoms with Crippen LogP contribution in [0.5, 0.6) is 0 Å². The molecular weight excluding hydrogens is 442 g/mol. The van der Waals surface area contributed by atoms with Crippen molar-refractivity contribution in [3.05, 3.63) is 65.7 Å². The smallest absolute Gasteiger partial charge is 0.321 e. The first-order chi connectivity index (χ1) is 14.7. The van der Waals surface area contributed by atoms with Crippen LogP contribution in [0, 0.1) is 6.92 Å². The van der Waals surface area contributed by atoms with Crippen LogP contribution < -0.4 is 0 Å². The zero-order valence-electron chi connectivity index (χ0n) is 17.1. The van der Waals surface area contributed by atoms with E-state index in [9.17, 15) is 23.4 Å². The summed E-state index contributed by atoms with van der Waals surface area (Å²) < 4.78 is 33.2. The number of hydrogen-bond donors (Lipinski definition) is 2. The molecule has 1 saturated heterocycles. The molecule has 1 heterocycles. The number of sulfonamides is 1. The van der Waals surface area contributed by atoms with Crippen LogP contribution >= 0.6 is 11.6 Å². The fourth-order valence-corrected chi connectivity index (χ4v) is 5.57. The minimum atomic E-state index is -4.12. The third-order valence-corrected chi connectivity index (χ3v) is 7.55. The third kappa shape index (κ3) is 5.45. The predicted octanol–water partition coefficient (Wildman–Crippen LogP) is 2.74. The number of carbonyl (C=O) groups is 1. The number of halogens is 1. The molecule has 0 aliphatic carbocycles. The number of carbonyl (C=O) groups excluding carboxylic acids is 1. The number of esters is 1. The number of aryl methyl sites for hydroxylation is 1. The molecule has 0 bridgehead atoms. The maximum absolute atomic E-state index is 13.4. The van der Waals surface area contributed by atoms with E-state index < -0.39 is 40.5 Å². The van der Waals surface area contributed by atoms with E-state index in [1.165, 1.54) is 12.1 Å². The summed E-state index contributed by atoms with van der Waals surface area (Å²) in [7, 11) is -4.12. The first-order valence-electron chi connectivity index (χ1n) is 10.0. The molecule has 1 fully saturated rings. The zero-order valence-corrected chi connectivity index (χ0v) is 18.7. The molecule has 0 unspecified atom stereocenters. The maximum atomic E-state index is 13.4. The van der Waals surface area contributed by atoms with Crippen LogP contribution in [0.25, 0.3) is 0 Å². The van der Waals surface area contributed by atoms with Gasteiger partial charge in [0.1, 0.15) is 18.2 Å². The highest BCUT2D eigenvalue weighted by Crippen LogP contribution is 2.35. The fraction of sp³-hybridized carbons (Fsp3) is 0.409. The van der Waals surface area contributed by atoms with Crippen molar-refractivity contribution >= 4 is 27.6 Å². The summed E-state index contributed by atoms with van der Waals surface area (Å²) in [5, 5.41) is 20.8. The number of aliphatic hydroxyl groups is 2. The van der Waals surface area contributed by atoms with Crippen LogP contribution in [0.1, 0.15) is 36.5 Å². The molecule has 2 aromatic rings. The number of aliphatic hydroxyl groups excluding tert-OH is 2. The van der Waals surface area contributed by atoms with Crippen LogP contribution in [-0.2, 0) is 19.6 Å². The zero-order chi connectivity index (χ0) is 22.6. The van der Waals surface area contributed by atoms with Gasteiger partial charge in [-0.15, -0.1) is 11.6 Å². The molecule has 4 atom stereocenters.